The van der Waals surface area contributed by atoms with E-state index in [0.29, 0.717) is 31.2 Å². The zero-order chi connectivity index (χ0) is 17.0. The van der Waals surface area contributed by atoms with Crippen LogP contribution in [0, 0.1) is 16.0 Å². The van der Waals surface area contributed by atoms with Crippen LogP contribution in [0.5, 0.6) is 0 Å². The SMILES string of the molecule is CC(C)C[C@H](N)C(=O)N1CCC(Nc2ccc([N+](=O)[O-])cn2)C1.Cl.Cl. The topological polar surface area (TPSA) is 114 Å². The second-order valence-electron chi connectivity index (χ2n) is 6.31. The minimum absolute atomic E-state index is 0. The molecule has 1 aromatic heterocycles. The molecule has 10 heteroatoms. The van der Waals surface area contributed by atoms with E-state index in [1.54, 1.807) is 11.0 Å². The highest BCUT2D eigenvalue weighted by atomic mass is 35.5. The van der Waals surface area contributed by atoms with Crippen LogP contribution in [-0.4, -0.2) is 45.9 Å². The van der Waals surface area contributed by atoms with E-state index in [9.17, 15) is 14.9 Å². The summed E-state index contributed by atoms with van der Waals surface area (Å²) < 4.78 is 0. The normalized spacial score (nSPS) is 17.4. The van der Waals surface area contributed by atoms with Gasteiger partial charge in [-0.2, -0.15) is 0 Å². The Kier molecular flexibility index (Phi) is 9.69. The number of amides is 1. The molecule has 2 heterocycles. The first-order valence-electron chi connectivity index (χ1n) is 7.78. The van der Waals surface area contributed by atoms with E-state index in [-0.39, 0.29) is 42.5 Å². The molecule has 2 atom stereocenters. The lowest BCUT2D eigenvalue weighted by Gasteiger charge is -2.22. The maximum Gasteiger partial charge on any atom is 0.287 e. The zero-order valence-electron chi connectivity index (χ0n) is 14.3. The third kappa shape index (κ3) is 6.64. The van der Waals surface area contributed by atoms with Gasteiger partial charge in [-0.15, -0.1) is 24.8 Å². The van der Waals surface area contributed by atoms with E-state index < -0.39 is 11.0 Å². The van der Waals surface area contributed by atoms with Gasteiger partial charge < -0.3 is 16.0 Å². The van der Waals surface area contributed by atoms with Crippen LogP contribution in [0.1, 0.15) is 26.7 Å². The molecule has 0 aromatic carbocycles. The molecule has 25 heavy (non-hydrogen) atoms. The lowest BCUT2D eigenvalue weighted by atomic mass is 10.0. The summed E-state index contributed by atoms with van der Waals surface area (Å²) in [6.07, 6.45) is 2.70. The molecule has 0 aliphatic carbocycles. The predicted octanol–water partition coefficient (Wildman–Crippen LogP) is 2.22. The number of anilines is 1. The Labute approximate surface area is 159 Å². The van der Waals surface area contributed by atoms with E-state index in [0.717, 1.165) is 6.42 Å². The van der Waals surface area contributed by atoms with Crippen molar-refractivity contribution in [3.63, 3.8) is 0 Å². The molecule has 3 N–H and O–H groups in total. The smallest absolute Gasteiger partial charge is 0.287 e. The van der Waals surface area contributed by atoms with Gasteiger partial charge >= 0.3 is 0 Å². The van der Waals surface area contributed by atoms with Crippen molar-refractivity contribution in [1.29, 1.82) is 0 Å². The minimum Gasteiger partial charge on any atom is -0.365 e. The fourth-order valence-electron chi connectivity index (χ4n) is 2.71. The predicted molar refractivity (Wildman–Crippen MR) is 101 cm³/mol. The summed E-state index contributed by atoms with van der Waals surface area (Å²) in [6.45, 7) is 5.32. The molecular weight excluding hydrogens is 369 g/mol. The molecule has 1 unspecified atom stereocenters. The third-order valence-electron chi connectivity index (χ3n) is 3.85. The van der Waals surface area contributed by atoms with Gasteiger partial charge in [0, 0.05) is 25.2 Å². The van der Waals surface area contributed by atoms with Gasteiger partial charge in [0.05, 0.1) is 11.0 Å². The monoisotopic (exact) mass is 393 g/mol. The van der Waals surface area contributed by atoms with Gasteiger partial charge in [0.25, 0.3) is 5.69 Å². The fourth-order valence-corrected chi connectivity index (χ4v) is 2.71. The molecule has 0 saturated carbocycles. The standard InChI is InChI=1S/C15H23N5O3.2ClH/c1-10(2)7-13(16)15(21)19-6-5-11(9-19)18-14-4-3-12(8-17-14)20(22)23;;/h3-4,8,10-11,13H,5-7,9,16H2,1-2H3,(H,17,18);2*1H/t11?,13-;;/m0../s1. The Morgan fingerprint density at radius 2 is 2.16 bits per heavy atom. The van der Waals surface area contributed by atoms with Gasteiger partial charge in [0.2, 0.25) is 5.91 Å². The van der Waals surface area contributed by atoms with Crippen molar-refractivity contribution in [2.45, 2.75) is 38.8 Å². The summed E-state index contributed by atoms with van der Waals surface area (Å²) in [5.41, 5.74) is 5.91. The van der Waals surface area contributed by atoms with Gasteiger partial charge in [-0.25, -0.2) is 4.98 Å². The number of nitrogens with one attached hydrogen (secondary N) is 1. The number of carbonyl (C=O) groups excluding carboxylic acids is 1. The van der Waals surface area contributed by atoms with Crippen LogP contribution in [0.25, 0.3) is 0 Å². The number of hydrogen-bond acceptors (Lipinski definition) is 6. The summed E-state index contributed by atoms with van der Waals surface area (Å²) >= 11 is 0. The minimum atomic E-state index is -0.483. The molecule has 1 aliphatic rings. The van der Waals surface area contributed by atoms with E-state index in [1.165, 1.54) is 12.3 Å². The van der Waals surface area contributed by atoms with E-state index in [4.69, 9.17) is 5.73 Å². The zero-order valence-corrected chi connectivity index (χ0v) is 15.9. The van der Waals surface area contributed by atoms with Gasteiger partial charge in [0.1, 0.15) is 12.0 Å². The molecular formula is C15H25Cl2N5O3. The molecule has 0 radical (unpaired) electrons. The van der Waals surface area contributed by atoms with E-state index in [2.05, 4.69) is 10.3 Å². The molecule has 0 spiro atoms. The van der Waals surface area contributed by atoms with Crippen LogP contribution < -0.4 is 11.1 Å². The number of nitrogens with two attached hydrogens (primary N) is 1. The second-order valence-corrected chi connectivity index (χ2v) is 6.31. The molecule has 0 bridgehead atoms. The maximum atomic E-state index is 12.3. The Morgan fingerprint density at radius 1 is 1.48 bits per heavy atom. The molecule has 142 valence electrons. The quantitative estimate of drug-likeness (QED) is 0.565. The van der Waals surface area contributed by atoms with Crippen LogP contribution in [0.2, 0.25) is 0 Å². The summed E-state index contributed by atoms with van der Waals surface area (Å²) in [5, 5.41) is 13.8. The lowest BCUT2D eigenvalue weighted by molar-refractivity contribution is -0.385. The van der Waals surface area contributed by atoms with Gasteiger partial charge in [-0.05, 0) is 24.8 Å². The van der Waals surface area contributed by atoms with Gasteiger partial charge in [0.15, 0.2) is 0 Å². The van der Waals surface area contributed by atoms with Crippen molar-refractivity contribution in [3.05, 3.63) is 28.4 Å². The first-order valence-corrected chi connectivity index (χ1v) is 7.78. The van der Waals surface area contributed by atoms with Crippen LogP contribution in [0.3, 0.4) is 0 Å². The first-order chi connectivity index (χ1) is 10.9. The van der Waals surface area contributed by atoms with Crippen molar-refractivity contribution in [2.24, 2.45) is 11.7 Å². The van der Waals surface area contributed by atoms with Crippen molar-refractivity contribution in [3.8, 4) is 0 Å². The number of pyridine rings is 1. The Hall–Kier alpha value is -1.64. The highest BCUT2D eigenvalue weighted by Crippen LogP contribution is 2.18. The lowest BCUT2D eigenvalue weighted by Crippen LogP contribution is -2.44. The molecule has 2 rings (SSSR count). The Morgan fingerprint density at radius 3 is 2.68 bits per heavy atom. The van der Waals surface area contributed by atoms with E-state index in [1.807, 2.05) is 13.8 Å². The third-order valence-corrected chi connectivity index (χ3v) is 3.85. The number of halogens is 2. The summed E-state index contributed by atoms with van der Waals surface area (Å²) in [6, 6.07) is 2.61. The number of aromatic nitrogens is 1. The highest BCUT2D eigenvalue weighted by Gasteiger charge is 2.29. The van der Waals surface area contributed by atoms with Gasteiger partial charge in [-0.1, -0.05) is 13.8 Å². The second kappa shape index (κ2) is 10.4. The number of carbonyl (C=O) groups is 1. The van der Waals surface area contributed by atoms with Crippen LogP contribution in [0.4, 0.5) is 11.5 Å². The molecule has 1 aliphatic heterocycles. The molecule has 1 aromatic rings. The summed E-state index contributed by atoms with van der Waals surface area (Å²) in [5.74, 6) is 0.941. The van der Waals surface area contributed by atoms with E-state index >= 15 is 0 Å². The molecule has 8 nitrogen and oxygen atoms in total. The van der Waals surface area contributed by atoms with Crippen molar-refractivity contribution < 1.29 is 9.72 Å². The largest absolute Gasteiger partial charge is 0.365 e. The maximum absolute atomic E-state index is 12.3. The fraction of sp³-hybridized carbons (Fsp3) is 0.600. The molecule has 1 fully saturated rings. The first kappa shape index (κ1) is 23.4. The van der Waals surface area contributed by atoms with Crippen molar-refractivity contribution >= 4 is 42.2 Å². The molecule has 1 amide bonds. The number of rotatable bonds is 6. The summed E-state index contributed by atoms with van der Waals surface area (Å²) in [4.78, 5) is 28.2. The average molecular weight is 394 g/mol. The Balaban J connectivity index is 0.00000288. The van der Waals surface area contributed by atoms with Crippen LogP contribution in [0.15, 0.2) is 18.3 Å². The Bertz CT molecular complexity index is 571. The van der Waals surface area contributed by atoms with Gasteiger partial charge in [-0.3, -0.25) is 14.9 Å². The number of hydrogen-bond donors (Lipinski definition) is 2. The van der Waals surface area contributed by atoms with Crippen LogP contribution >= 0.6 is 24.8 Å². The number of nitro groups is 1. The highest BCUT2D eigenvalue weighted by molar-refractivity contribution is 5.85. The average Bonchev–Trinajstić information content (AvgIpc) is 2.94. The van der Waals surface area contributed by atoms with Crippen molar-refractivity contribution in [2.75, 3.05) is 18.4 Å². The number of nitrogens with zero attached hydrogens (tertiary/aromatic N) is 3. The van der Waals surface area contributed by atoms with Crippen molar-refractivity contribution in [1.82, 2.24) is 9.88 Å². The molecule has 1 saturated heterocycles. The summed E-state index contributed by atoms with van der Waals surface area (Å²) in [7, 11) is 0. The van der Waals surface area contributed by atoms with Crippen LogP contribution in [-0.2, 0) is 4.79 Å². The number of likely N-dealkylation sites (tertiary alicyclic amines) is 1.